The van der Waals surface area contributed by atoms with Crippen LogP contribution in [0.2, 0.25) is 0 Å². The molecular weight excluding hydrogens is 236 g/mol. The Morgan fingerprint density at radius 3 is 1.95 bits per heavy atom. The Morgan fingerprint density at radius 2 is 1.47 bits per heavy atom. The van der Waals surface area contributed by atoms with Crippen LogP contribution in [0.4, 0.5) is 0 Å². The Kier molecular flexibility index (Phi) is 12.7. The summed E-state index contributed by atoms with van der Waals surface area (Å²) in [5, 5.41) is 8.60. The highest BCUT2D eigenvalue weighted by Crippen LogP contribution is 2.11. The minimum Gasteiger partial charge on any atom is -0.330 e. The molecule has 0 heterocycles. The van der Waals surface area contributed by atoms with Crippen LogP contribution >= 0.6 is 0 Å². The summed E-state index contributed by atoms with van der Waals surface area (Å²) in [6.45, 7) is 5.03. The average molecular weight is 266 g/mol. The second kappa shape index (κ2) is 13.4. The SMILES string of the molecule is CCCCCCCCCCCC(=O)N(CC)CC#N. The van der Waals surface area contributed by atoms with Gasteiger partial charge in [-0.3, -0.25) is 4.79 Å². The zero-order valence-electron chi connectivity index (χ0n) is 12.8. The van der Waals surface area contributed by atoms with Gasteiger partial charge in [-0.1, -0.05) is 58.3 Å². The highest BCUT2D eigenvalue weighted by atomic mass is 16.2. The zero-order chi connectivity index (χ0) is 14.3. The Bertz CT molecular complexity index is 258. The third kappa shape index (κ3) is 10.6. The minimum atomic E-state index is 0.131. The third-order valence-corrected chi connectivity index (χ3v) is 3.49. The highest BCUT2D eigenvalue weighted by Gasteiger charge is 2.09. The molecule has 0 aromatic rings. The first kappa shape index (κ1) is 18.0. The molecule has 19 heavy (non-hydrogen) atoms. The molecule has 0 aromatic heterocycles. The van der Waals surface area contributed by atoms with Gasteiger partial charge in [0.25, 0.3) is 0 Å². The first-order chi connectivity index (χ1) is 9.26. The van der Waals surface area contributed by atoms with Crippen LogP contribution in [0.3, 0.4) is 0 Å². The fourth-order valence-corrected chi connectivity index (χ4v) is 2.21. The van der Waals surface area contributed by atoms with E-state index in [0.29, 0.717) is 13.0 Å². The van der Waals surface area contributed by atoms with Crippen molar-refractivity contribution in [2.75, 3.05) is 13.1 Å². The van der Waals surface area contributed by atoms with Gasteiger partial charge < -0.3 is 4.90 Å². The molecule has 0 aliphatic rings. The summed E-state index contributed by atoms with van der Waals surface area (Å²) in [7, 11) is 0. The number of amides is 1. The van der Waals surface area contributed by atoms with Crippen LogP contribution in [0.15, 0.2) is 0 Å². The summed E-state index contributed by atoms with van der Waals surface area (Å²) in [6.07, 6.45) is 12.0. The maximum absolute atomic E-state index is 11.7. The molecule has 1 amide bonds. The van der Waals surface area contributed by atoms with Crippen LogP contribution in [-0.2, 0) is 4.79 Å². The molecule has 0 aliphatic carbocycles. The van der Waals surface area contributed by atoms with Crippen molar-refractivity contribution >= 4 is 5.91 Å². The molecule has 0 radical (unpaired) electrons. The average Bonchev–Trinajstić information content (AvgIpc) is 2.42. The zero-order valence-corrected chi connectivity index (χ0v) is 12.8. The molecule has 110 valence electrons. The van der Waals surface area contributed by atoms with E-state index in [1.807, 2.05) is 13.0 Å². The quantitative estimate of drug-likeness (QED) is 0.391. The summed E-state index contributed by atoms with van der Waals surface area (Å²) >= 11 is 0. The number of carbonyl (C=O) groups is 1. The van der Waals surface area contributed by atoms with Gasteiger partial charge in [-0.2, -0.15) is 5.26 Å². The van der Waals surface area contributed by atoms with Crippen LogP contribution in [0, 0.1) is 11.3 Å². The lowest BCUT2D eigenvalue weighted by Crippen LogP contribution is -2.30. The van der Waals surface area contributed by atoms with E-state index in [1.165, 1.54) is 44.9 Å². The summed E-state index contributed by atoms with van der Waals surface area (Å²) in [4.78, 5) is 13.4. The summed E-state index contributed by atoms with van der Waals surface area (Å²) in [6, 6.07) is 2.04. The minimum absolute atomic E-state index is 0.131. The van der Waals surface area contributed by atoms with Gasteiger partial charge in [0.2, 0.25) is 5.91 Å². The Labute approximate surface area is 119 Å². The van der Waals surface area contributed by atoms with Gasteiger partial charge in [0, 0.05) is 13.0 Å². The van der Waals surface area contributed by atoms with E-state index >= 15 is 0 Å². The molecule has 0 saturated heterocycles. The Hall–Kier alpha value is -1.04. The van der Waals surface area contributed by atoms with Crippen LogP contribution in [-0.4, -0.2) is 23.9 Å². The lowest BCUT2D eigenvalue weighted by molar-refractivity contribution is -0.130. The smallest absolute Gasteiger partial charge is 0.223 e. The van der Waals surface area contributed by atoms with E-state index in [-0.39, 0.29) is 12.5 Å². The molecule has 3 nitrogen and oxygen atoms in total. The van der Waals surface area contributed by atoms with Crippen molar-refractivity contribution < 1.29 is 4.79 Å². The Balaban J connectivity index is 3.38. The second-order valence-corrected chi connectivity index (χ2v) is 5.14. The van der Waals surface area contributed by atoms with Crippen molar-refractivity contribution in [2.45, 2.75) is 78.1 Å². The maximum Gasteiger partial charge on any atom is 0.223 e. The second-order valence-electron chi connectivity index (χ2n) is 5.14. The number of nitriles is 1. The predicted molar refractivity (Wildman–Crippen MR) is 79.7 cm³/mol. The topological polar surface area (TPSA) is 44.1 Å². The van der Waals surface area contributed by atoms with Gasteiger partial charge in [-0.25, -0.2) is 0 Å². The van der Waals surface area contributed by atoms with Gasteiger partial charge in [-0.05, 0) is 13.3 Å². The molecular formula is C16H30N2O. The number of hydrogen-bond donors (Lipinski definition) is 0. The van der Waals surface area contributed by atoms with E-state index in [1.54, 1.807) is 4.90 Å². The monoisotopic (exact) mass is 266 g/mol. The molecule has 0 fully saturated rings. The normalized spacial score (nSPS) is 10.2. The van der Waals surface area contributed by atoms with Gasteiger partial charge in [-0.15, -0.1) is 0 Å². The highest BCUT2D eigenvalue weighted by molar-refractivity contribution is 5.76. The van der Waals surface area contributed by atoms with Gasteiger partial charge in [0.05, 0.1) is 6.07 Å². The van der Waals surface area contributed by atoms with Crippen molar-refractivity contribution in [1.29, 1.82) is 5.26 Å². The molecule has 3 heteroatoms. The largest absolute Gasteiger partial charge is 0.330 e. The fraction of sp³-hybridized carbons (Fsp3) is 0.875. The van der Waals surface area contributed by atoms with Crippen molar-refractivity contribution in [2.24, 2.45) is 0 Å². The van der Waals surface area contributed by atoms with E-state index in [4.69, 9.17) is 5.26 Å². The fourth-order valence-electron chi connectivity index (χ4n) is 2.21. The molecule has 0 aliphatic heterocycles. The molecule has 0 aromatic carbocycles. The van der Waals surface area contributed by atoms with Gasteiger partial charge >= 0.3 is 0 Å². The first-order valence-electron chi connectivity index (χ1n) is 7.91. The number of hydrogen-bond acceptors (Lipinski definition) is 2. The molecule has 0 bridgehead atoms. The van der Waals surface area contributed by atoms with E-state index in [2.05, 4.69) is 6.92 Å². The Morgan fingerprint density at radius 1 is 0.947 bits per heavy atom. The van der Waals surface area contributed by atoms with Crippen molar-refractivity contribution in [1.82, 2.24) is 4.90 Å². The predicted octanol–water partition coefficient (Wildman–Crippen LogP) is 4.28. The number of carbonyl (C=O) groups excluding carboxylic acids is 1. The van der Waals surface area contributed by atoms with Crippen molar-refractivity contribution in [3.05, 3.63) is 0 Å². The van der Waals surface area contributed by atoms with Crippen LogP contribution in [0.5, 0.6) is 0 Å². The van der Waals surface area contributed by atoms with Crippen LogP contribution in [0.25, 0.3) is 0 Å². The molecule has 0 N–H and O–H groups in total. The summed E-state index contributed by atoms with van der Waals surface area (Å²) in [5.74, 6) is 0.131. The molecule has 0 spiro atoms. The van der Waals surface area contributed by atoms with E-state index in [0.717, 1.165) is 12.8 Å². The van der Waals surface area contributed by atoms with Crippen molar-refractivity contribution in [3.8, 4) is 6.07 Å². The van der Waals surface area contributed by atoms with Crippen molar-refractivity contribution in [3.63, 3.8) is 0 Å². The molecule has 0 unspecified atom stereocenters. The van der Waals surface area contributed by atoms with Gasteiger partial charge in [0.1, 0.15) is 6.54 Å². The molecule has 0 saturated carbocycles. The van der Waals surface area contributed by atoms with Gasteiger partial charge in [0.15, 0.2) is 0 Å². The van der Waals surface area contributed by atoms with E-state index in [9.17, 15) is 4.79 Å². The summed E-state index contributed by atoms with van der Waals surface area (Å²) in [5.41, 5.74) is 0. The number of rotatable bonds is 12. The standard InChI is InChI=1S/C16H30N2O/c1-3-5-6-7-8-9-10-11-12-13-16(19)18(4-2)15-14-17/h3-13,15H2,1-2H3. The molecule has 0 rings (SSSR count). The summed E-state index contributed by atoms with van der Waals surface area (Å²) < 4.78 is 0. The number of unbranched alkanes of at least 4 members (excludes halogenated alkanes) is 8. The van der Waals surface area contributed by atoms with Crippen LogP contribution < -0.4 is 0 Å². The molecule has 0 atom stereocenters. The lowest BCUT2D eigenvalue weighted by Gasteiger charge is -2.16. The maximum atomic E-state index is 11.7. The van der Waals surface area contributed by atoms with Crippen LogP contribution in [0.1, 0.15) is 78.1 Å². The van der Waals surface area contributed by atoms with E-state index < -0.39 is 0 Å². The third-order valence-electron chi connectivity index (χ3n) is 3.49. The number of nitrogens with zero attached hydrogens (tertiary/aromatic N) is 2. The first-order valence-corrected chi connectivity index (χ1v) is 7.91. The lowest BCUT2D eigenvalue weighted by atomic mass is 10.1.